The minimum Gasteiger partial charge on any atom is -0.336 e. The van der Waals surface area contributed by atoms with E-state index in [2.05, 4.69) is 5.32 Å². The Bertz CT molecular complexity index is 509. The molecule has 0 fully saturated rings. The van der Waals surface area contributed by atoms with E-state index in [0.29, 0.717) is 6.42 Å². The molecular weight excluding hydrogens is 284 g/mol. The highest BCUT2D eigenvalue weighted by molar-refractivity contribution is 7.98. The van der Waals surface area contributed by atoms with E-state index in [1.165, 1.54) is 4.90 Å². The molecule has 5 heteroatoms. The van der Waals surface area contributed by atoms with Crippen LogP contribution in [0.2, 0.25) is 0 Å². The molecule has 0 spiro atoms. The Morgan fingerprint density at radius 3 is 2.43 bits per heavy atom. The van der Waals surface area contributed by atoms with E-state index in [-0.39, 0.29) is 23.8 Å². The van der Waals surface area contributed by atoms with Gasteiger partial charge in [-0.3, -0.25) is 9.59 Å². The van der Waals surface area contributed by atoms with Crippen LogP contribution in [-0.4, -0.2) is 36.6 Å². The Labute approximate surface area is 131 Å². The summed E-state index contributed by atoms with van der Waals surface area (Å²) in [6, 6.07) is 7.62. The topological polar surface area (TPSA) is 49.4 Å². The lowest BCUT2D eigenvalue weighted by atomic mass is 9.92. The van der Waals surface area contributed by atoms with Crippen LogP contribution < -0.4 is 5.32 Å². The molecule has 21 heavy (non-hydrogen) atoms. The van der Waals surface area contributed by atoms with Crippen LogP contribution in [0.25, 0.3) is 0 Å². The van der Waals surface area contributed by atoms with Gasteiger partial charge in [0.05, 0.1) is 12.2 Å². The van der Waals surface area contributed by atoms with Gasteiger partial charge in [-0.05, 0) is 23.8 Å². The number of nitrogens with one attached hydrogen (secondary N) is 1. The number of carbonyl (C=O) groups excluding carboxylic acids is 2. The van der Waals surface area contributed by atoms with Crippen molar-refractivity contribution in [2.24, 2.45) is 5.41 Å². The van der Waals surface area contributed by atoms with Crippen molar-refractivity contribution < 1.29 is 9.59 Å². The van der Waals surface area contributed by atoms with Gasteiger partial charge in [0, 0.05) is 18.4 Å². The fourth-order valence-corrected chi connectivity index (χ4v) is 2.38. The zero-order chi connectivity index (χ0) is 16.0. The Hall–Kier alpha value is -1.49. The molecule has 0 aliphatic carbocycles. The lowest BCUT2D eigenvalue weighted by Crippen LogP contribution is -2.36. The fourth-order valence-electron chi connectivity index (χ4n) is 1.83. The molecule has 1 N–H and O–H groups in total. The summed E-state index contributed by atoms with van der Waals surface area (Å²) in [5, 5.41) is 2.86. The van der Waals surface area contributed by atoms with Gasteiger partial charge in [-0.25, -0.2) is 0 Å². The third-order valence-corrected chi connectivity index (χ3v) is 3.66. The Balaban J connectivity index is 2.59. The monoisotopic (exact) mass is 308 g/mol. The smallest absolute Gasteiger partial charge is 0.244 e. The van der Waals surface area contributed by atoms with Gasteiger partial charge in [0.25, 0.3) is 0 Å². The van der Waals surface area contributed by atoms with Crippen molar-refractivity contribution in [3.05, 3.63) is 24.3 Å². The van der Waals surface area contributed by atoms with Gasteiger partial charge in [-0.15, -0.1) is 11.8 Å². The summed E-state index contributed by atoms with van der Waals surface area (Å²) in [6.45, 7) is 6.09. The predicted molar refractivity (Wildman–Crippen MR) is 88.6 cm³/mol. The maximum absolute atomic E-state index is 12.0. The summed E-state index contributed by atoms with van der Waals surface area (Å²) in [5.41, 5.74) is 0.708. The Morgan fingerprint density at radius 1 is 1.24 bits per heavy atom. The average molecular weight is 308 g/mol. The predicted octanol–water partition coefficient (Wildman–Crippen LogP) is 3.24. The molecule has 0 atom stereocenters. The number of hydrogen-bond donors (Lipinski definition) is 1. The first-order valence-electron chi connectivity index (χ1n) is 6.90. The second-order valence-electron chi connectivity index (χ2n) is 6.24. The molecule has 0 aliphatic rings. The van der Waals surface area contributed by atoms with E-state index in [4.69, 9.17) is 0 Å². The van der Waals surface area contributed by atoms with Gasteiger partial charge in [-0.1, -0.05) is 32.9 Å². The highest BCUT2D eigenvalue weighted by Crippen LogP contribution is 2.24. The molecule has 2 amide bonds. The summed E-state index contributed by atoms with van der Waals surface area (Å²) in [5.74, 6) is -0.197. The molecule has 0 aromatic heterocycles. The van der Waals surface area contributed by atoms with Crippen LogP contribution in [0.4, 0.5) is 5.69 Å². The molecule has 0 heterocycles. The van der Waals surface area contributed by atoms with Crippen LogP contribution in [0, 0.1) is 5.41 Å². The summed E-state index contributed by atoms with van der Waals surface area (Å²) in [6.07, 6.45) is 2.39. The number of hydrogen-bond acceptors (Lipinski definition) is 3. The van der Waals surface area contributed by atoms with E-state index < -0.39 is 0 Å². The molecule has 1 aromatic rings. The van der Waals surface area contributed by atoms with Crippen molar-refractivity contribution in [1.82, 2.24) is 4.90 Å². The van der Waals surface area contributed by atoms with Gasteiger partial charge < -0.3 is 10.2 Å². The first-order valence-corrected chi connectivity index (χ1v) is 8.12. The minimum atomic E-state index is -0.179. The van der Waals surface area contributed by atoms with Crippen molar-refractivity contribution in [3.63, 3.8) is 0 Å². The van der Waals surface area contributed by atoms with E-state index in [9.17, 15) is 9.59 Å². The number of thioether (sulfide) groups is 1. The number of likely N-dealkylation sites (N-methyl/N-ethyl adjacent to an activating group) is 1. The molecule has 116 valence electrons. The first kappa shape index (κ1) is 17.6. The third kappa shape index (κ3) is 6.21. The molecule has 0 saturated heterocycles. The number of nitrogens with zero attached hydrogens (tertiary/aromatic N) is 1. The highest BCUT2D eigenvalue weighted by Gasteiger charge is 2.20. The van der Waals surface area contributed by atoms with Gasteiger partial charge >= 0.3 is 0 Å². The zero-order valence-corrected chi connectivity index (χ0v) is 14.2. The van der Waals surface area contributed by atoms with E-state index >= 15 is 0 Å². The van der Waals surface area contributed by atoms with Gasteiger partial charge in [0.1, 0.15) is 0 Å². The number of para-hydroxylation sites is 1. The van der Waals surface area contributed by atoms with Crippen LogP contribution in [-0.2, 0) is 9.59 Å². The molecule has 1 aromatic carbocycles. The molecule has 0 saturated carbocycles. The molecular formula is C16H24N2O2S. The number of rotatable bonds is 5. The van der Waals surface area contributed by atoms with Crippen molar-refractivity contribution in [3.8, 4) is 0 Å². The molecule has 0 aliphatic heterocycles. The van der Waals surface area contributed by atoms with Crippen LogP contribution in [0.15, 0.2) is 29.2 Å². The molecule has 4 nitrogen and oxygen atoms in total. The van der Waals surface area contributed by atoms with Crippen molar-refractivity contribution in [1.29, 1.82) is 0 Å². The normalized spacial score (nSPS) is 11.1. The van der Waals surface area contributed by atoms with E-state index in [1.54, 1.807) is 18.8 Å². The maximum Gasteiger partial charge on any atom is 0.244 e. The van der Waals surface area contributed by atoms with Gasteiger partial charge in [0.2, 0.25) is 11.8 Å². The lowest BCUT2D eigenvalue weighted by Gasteiger charge is -2.23. The number of anilines is 1. The second-order valence-corrected chi connectivity index (χ2v) is 7.08. The zero-order valence-electron chi connectivity index (χ0n) is 13.4. The lowest BCUT2D eigenvalue weighted by molar-refractivity contribution is -0.134. The second kappa shape index (κ2) is 7.50. The molecule has 0 bridgehead atoms. The minimum absolute atomic E-state index is 0.0178. The summed E-state index contributed by atoms with van der Waals surface area (Å²) < 4.78 is 0. The summed E-state index contributed by atoms with van der Waals surface area (Å²) >= 11 is 1.58. The Morgan fingerprint density at radius 2 is 1.86 bits per heavy atom. The van der Waals surface area contributed by atoms with Crippen molar-refractivity contribution in [2.75, 3.05) is 25.2 Å². The number of carbonyl (C=O) groups is 2. The van der Waals surface area contributed by atoms with E-state index in [0.717, 1.165) is 10.6 Å². The summed E-state index contributed by atoms with van der Waals surface area (Å²) in [7, 11) is 1.66. The van der Waals surface area contributed by atoms with Gasteiger partial charge in [-0.2, -0.15) is 0 Å². The first-order chi connectivity index (χ1) is 9.73. The van der Waals surface area contributed by atoms with Crippen LogP contribution in [0.5, 0.6) is 0 Å². The average Bonchev–Trinajstić information content (AvgIpc) is 2.37. The highest BCUT2D eigenvalue weighted by atomic mass is 32.2. The van der Waals surface area contributed by atoms with Crippen molar-refractivity contribution >= 4 is 29.3 Å². The summed E-state index contributed by atoms with van der Waals surface area (Å²) in [4.78, 5) is 26.5. The quantitative estimate of drug-likeness (QED) is 0.850. The van der Waals surface area contributed by atoms with Gasteiger partial charge in [0.15, 0.2) is 0 Å². The maximum atomic E-state index is 12.0. The van der Waals surface area contributed by atoms with E-state index in [1.807, 2.05) is 51.3 Å². The number of benzene rings is 1. The van der Waals surface area contributed by atoms with Crippen LogP contribution in [0.1, 0.15) is 27.2 Å². The molecule has 1 rings (SSSR count). The SMILES string of the molecule is CSc1ccccc1NC(=O)CN(C)C(=O)CC(C)(C)C. The molecule has 0 radical (unpaired) electrons. The van der Waals surface area contributed by atoms with Crippen LogP contribution >= 0.6 is 11.8 Å². The standard InChI is InChI=1S/C16H24N2O2S/c1-16(2,3)10-15(20)18(4)11-14(19)17-12-8-6-7-9-13(12)21-5/h6-9H,10-11H2,1-5H3,(H,17,19). The van der Waals surface area contributed by atoms with Crippen LogP contribution in [0.3, 0.4) is 0 Å². The largest absolute Gasteiger partial charge is 0.336 e. The van der Waals surface area contributed by atoms with Crippen molar-refractivity contribution in [2.45, 2.75) is 32.1 Å². The third-order valence-electron chi connectivity index (χ3n) is 2.87. The molecule has 0 unspecified atom stereocenters. The fraction of sp³-hybridized carbons (Fsp3) is 0.500. The Kier molecular flexibility index (Phi) is 6.27. The number of amides is 2.